The fourth-order valence-corrected chi connectivity index (χ4v) is 2.57. The molecule has 2 unspecified atom stereocenters. The molecule has 4 rings (SSSR count). The maximum Gasteiger partial charge on any atom is 0.220 e. The third kappa shape index (κ3) is 1.61. The first-order valence-corrected chi connectivity index (χ1v) is 6.52. The summed E-state index contributed by atoms with van der Waals surface area (Å²) in [4.78, 5) is 16.9. The van der Waals surface area contributed by atoms with Gasteiger partial charge >= 0.3 is 0 Å². The Hall–Kier alpha value is -2.62. The minimum Gasteiger partial charge on any atom is -0.463 e. The van der Waals surface area contributed by atoms with E-state index in [4.69, 9.17) is 4.74 Å². The third-order valence-corrected chi connectivity index (χ3v) is 3.57. The Balaban J connectivity index is 1.72. The van der Waals surface area contributed by atoms with Gasteiger partial charge in [0.1, 0.15) is 0 Å². The van der Waals surface area contributed by atoms with E-state index in [2.05, 4.69) is 10.3 Å². The Morgan fingerprint density at radius 1 is 1.00 bits per heavy atom. The maximum atomic E-state index is 12.5. The molecule has 98 valence electrons. The van der Waals surface area contributed by atoms with Crippen LogP contribution in [0.15, 0.2) is 59.6 Å². The number of rotatable bonds is 1. The van der Waals surface area contributed by atoms with Gasteiger partial charge in [0.15, 0.2) is 12.1 Å². The zero-order valence-corrected chi connectivity index (χ0v) is 10.6. The van der Waals surface area contributed by atoms with Crippen molar-refractivity contribution in [3.05, 3.63) is 60.2 Å². The molecule has 1 fully saturated rings. The lowest BCUT2D eigenvalue weighted by Crippen LogP contribution is -2.33. The normalized spacial score (nSPS) is 23.2. The lowest BCUT2D eigenvalue weighted by atomic mass is 10.0. The van der Waals surface area contributed by atoms with Gasteiger partial charge in [-0.15, -0.1) is 0 Å². The fraction of sp³-hybridized carbons (Fsp3) is 0.125. The van der Waals surface area contributed by atoms with Crippen molar-refractivity contribution in [3.8, 4) is 0 Å². The molecule has 1 saturated heterocycles. The highest BCUT2D eigenvalue weighted by Gasteiger charge is 2.44. The van der Waals surface area contributed by atoms with E-state index in [1.165, 1.54) is 0 Å². The van der Waals surface area contributed by atoms with Gasteiger partial charge in [-0.05, 0) is 12.1 Å². The SMILES string of the molecule is O=C1C2Nc3ccccc3N=C2OC1c1ccccc1. The Morgan fingerprint density at radius 2 is 1.75 bits per heavy atom. The number of carbonyl (C=O) groups is 1. The number of Topliss-reactive ketones (excluding diaryl/α,β-unsaturated/α-hetero) is 1. The summed E-state index contributed by atoms with van der Waals surface area (Å²) in [7, 11) is 0. The quantitative estimate of drug-likeness (QED) is 0.861. The number of fused-ring (bicyclic) bond motifs is 2. The standard InChI is InChI=1S/C16H12N2O2/c19-14-13-16(18-12-9-5-4-8-11(12)17-13)20-15(14)10-6-2-1-3-7-10/h1-9,13,15,17H. The molecule has 0 radical (unpaired) electrons. The smallest absolute Gasteiger partial charge is 0.220 e. The summed E-state index contributed by atoms with van der Waals surface area (Å²) >= 11 is 0. The van der Waals surface area contributed by atoms with Gasteiger partial charge in [-0.2, -0.15) is 0 Å². The van der Waals surface area contributed by atoms with Crippen molar-refractivity contribution in [2.24, 2.45) is 4.99 Å². The van der Waals surface area contributed by atoms with Crippen LogP contribution in [0.5, 0.6) is 0 Å². The number of carbonyl (C=O) groups excluding carboxylic acids is 1. The first-order valence-electron chi connectivity index (χ1n) is 6.52. The van der Waals surface area contributed by atoms with Crippen molar-refractivity contribution in [2.75, 3.05) is 5.32 Å². The molecule has 4 heteroatoms. The van der Waals surface area contributed by atoms with Crippen LogP contribution in [0.1, 0.15) is 11.7 Å². The zero-order valence-electron chi connectivity index (χ0n) is 10.6. The highest BCUT2D eigenvalue weighted by atomic mass is 16.5. The molecular weight excluding hydrogens is 252 g/mol. The number of ether oxygens (including phenoxy) is 1. The van der Waals surface area contributed by atoms with Gasteiger partial charge in [-0.1, -0.05) is 42.5 Å². The molecule has 0 aromatic heterocycles. The number of hydrogen-bond acceptors (Lipinski definition) is 4. The predicted molar refractivity (Wildman–Crippen MR) is 76.2 cm³/mol. The topological polar surface area (TPSA) is 50.7 Å². The van der Waals surface area contributed by atoms with Crippen LogP contribution in [0.3, 0.4) is 0 Å². The average molecular weight is 264 g/mol. The molecular formula is C16H12N2O2. The van der Waals surface area contributed by atoms with E-state index in [9.17, 15) is 4.79 Å². The monoisotopic (exact) mass is 264 g/mol. The second-order valence-corrected chi connectivity index (χ2v) is 4.86. The molecule has 2 heterocycles. The summed E-state index contributed by atoms with van der Waals surface area (Å²) in [6.45, 7) is 0. The predicted octanol–water partition coefficient (Wildman–Crippen LogP) is 2.85. The van der Waals surface area contributed by atoms with Crippen LogP contribution < -0.4 is 5.32 Å². The van der Waals surface area contributed by atoms with Gasteiger partial charge in [0, 0.05) is 5.56 Å². The highest BCUT2D eigenvalue weighted by molar-refractivity contribution is 6.16. The minimum absolute atomic E-state index is 0.00412. The molecule has 1 N–H and O–H groups in total. The van der Waals surface area contributed by atoms with Crippen LogP contribution in [0.4, 0.5) is 11.4 Å². The molecule has 4 nitrogen and oxygen atoms in total. The number of nitrogens with zero attached hydrogens (tertiary/aromatic N) is 1. The Bertz CT molecular complexity index is 709. The zero-order chi connectivity index (χ0) is 13.5. The fourth-order valence-electron chi connectivity index (χ4n) is 2.57. The van der Waals surface area contributed by atoms with E-state index in [-0.39, 0.29) is 5.78 Å². The van der Waals surface area contributed by atoms with Crippen LogP contribution in [0.25, 0.3) is 0 Å². The van der Waals surface area contributed by atoms with Gasteiger partial charge < -0.3 is 10.1 Å². The molecule has 0 spiro atoms. The van der Waals surface area contributed by atoms with Crippen molar-refractivity contribution in [3.63, 3.8) is 0 Å². The van der Waals surface area contributed by atoms with E-state index in [1.54, 1.807) is 0 Å². The number of anilines is 1. The summed E-state index contributed by atoms with van der Waals surface area (Å²) in [5.74, 6) is 0.465. The number of nitrogens with one attached hydrogen (secondary N) is 1. The molecule has 0 bridgehead atoms. The summed E-state index contributed by atoms with van der Waals surface area (Å²) in [5, 5.41) is 3.20. The van der Waals surface area contributed by atoms with E-state index < -0.39 is 12.1 Å². The highest BCUT2D eigenvalue weighted by Crippen LogP contribution is 2.36. The third-order valence-electron chi connectivity index (χ3n) is 3.57. The number of para-hydroxylation sites is 2. The van der Waals surface area contributed by atoms with Crippen LogP contribution in [0.2, 0.25) is 0 Å². The molecule has 0 amide bonds. The van der Waals surface area contributed by atoms with E-state index >= 15 is 0 Å². The number of benzene rings is 2. The Morgan fingerprint density at radius 3 is 2.60 bits per heavy atom. The van der Waals surface area contributed by atoms with E-state index in [0.29, 0.717) is 5.90 Å². The number of aliphatic imine (C=N–C) groups is 1. The molecule has 2 aromatic carbocycles. The van der Waals surface area contributed by atoms with Gasteiger partial charge in [0.2, 0.25) is 11.7 Å². The number of hydrogen-bond donors (Lipinski definition) is 1. The van der Waals surface area contributed by atoms with Crippen LogP contribution >= 0.6 is 0 Å². The van der Waals surface area contributed by atoms with Crippen molar-refractivity contribution >= 4 is 23.1 Å². The van der Waals surface area contributed by atoms with Crippen LogP contribution in [-0.2, 0) is 9.53 Å². The summed E-state index contributed by atoms with van der Waals surface area (Å²) in [6, 6.07) is 16.7. The molecule has 0 saturated carbocycles. The van der Waals surface area contributed by atoms with Crippen molar-refractivity contribution < 1.29 is 9.53 Å². The Kier molecular flexibility index (Phi) is 2.36. The molecule has 20 heavy (non-hydrogen) atoms. The molecule has 2 aliphatic heterocycles. The lowest BCUT2D eigenvalue weighted by Gasteiger charge is -2.18. The van der Waals surface area contributed by atoms with Gasteiger partial charge in [0.05, 0.1) is 11.4 Å². The van der Waals surface area contributed by atoms with Gasteiger partial charge in [-0.25, -0.2) is 4.99 Å². The van der Waals surface area contributed by atoms with Crippen LogP contribution in [-0.4, -0.2) is 17.7 Å². The van der Waals surface area contributed by atoms with Crippen molar-refractivity contribution in [2.45, 2.75) is 12.1 Å². The average Bonchev–Trinajstić information content (AvgIpc) is 2.83. The number of ketones is 1. The first-order chi connectivity index (χ1) is 9.83. The molecule has 2 aromatic rings. The minimum atomic E-state index is -0.568. The summed E-state index contributed by atoms with van der Waals surface area (Å²) < 4.78 is 5.76. The second kappa shape index (κ2) is 4.20. The Labute approximate surface area is 116 Å². The largest absolute Gasteiger partial charge is 0.463 e. The summed E-state index contributed by atoms with van der Waals surface area (Å²) in [6.07, 6.45) is -0.568. The maximum absolute atomic E-state index is 12.5. The summed E-state index contributed by atoms with van der Waals surface area (Å²) in [5.41, 5.74) is 2.53. The lowest BCUT2D eigenvalue weighted by molar-refractivity contribution is -0.122. The van der Waals surface area contributed by atoms with E-state index in [1.807, 2.05) is 54.6 Å². The molecule has 2 atom stereocenters. The van der Waals surface area contributed by atoms with Crippen molar-refractivity contribution in [1.29, 1.82) is 0 Å². The first kappa shape index (κ1) is 11.2. The second-order valence-electron chi connectivity index (χ2n) is 4.86. The van der Waals surface area contributed by atoms with Crippen molar-refractivity contribution in [1.82, 2.24) is 0 Å². The van der Waals surface area contributed by atoms with Gasteiger partial charge in [-0.3, -0.25) is 4.79 Å². The van der Waals surface area contributed by atoms with Crippen LogP contribution in [0, 0.1) is 0 Å². The van der Waals surface area contributed by atoms with E-state index in [0.717, 1.165) is 16.9 Å². The molecule has 0 aliphatic carbocycles. The van der Waals surface area contributed by atoms with Gasteiger partial charge in [0.25, 0.3) is 0 Å². The molecule has 2 aliphatic rings.